The van der Waals surface area contributed by atoms with Gasteiger partial charge in [-0.3, -0.25) is 19.5 Å². The second-order valence-electron chi connectivity index (χ2n) is 5.32. The van der Waals surface area contributed by atoms with Gasteiger partial charge in [-0.25, -0.2) is 4.98 Å². The Morgan fingerprint density at radius 1 is 1.43 bits per heavy atom. The molecule has 2 rings (SSSR count). The van der Waals surface area contributed by atoms with Crippen LogP contribution in [-0.2, 0) is 6.54 Å². The van der Waals surface area contributed by atoms with Gasteiger partial charge in [0.05, 0.1) is 22.2 Å². The smallest absolute Gasteiger partial charge is 0.270 e. The molecule has 0 saturated heterocycles. The summed E-state index contributed by atoms with van der Waals surface area (Å²) in [5.74, 6) is 0.706. The molecule has 0 bridgehead atoms. The number of rotatable bonds is 5. The van der Waals surface area contributed by atoms with Crippen LogP contribution in [0.5, 0.6) is 0 Å². The quantitative estimate of drug-likeness (QED) is 0.470. The number of benzene rings is 1. The second-order valence-corrected chi connectivity index (χ2v) is 5.97. The number of halogens is 1. The summed E-state index contributed by atoms with van der Waals surface area (Å²) in [5.41, 5.74) is 0.136. The fraction of sp³-hybridized carbons (Fsp3) is 0.429. The van der Waals surface area contributed by atoms with Crippen molar-refractivity contribution >= 4 is 32.5 Å². The summed E-state index contributed by atoms with van der Waals surface area (Å²) >= 11 is 3.45. The summed E-state index contributed by atoms with van der Waals surface area (Å²) in [6, 6.07) is 4.15. The molecule has 6 nitrogen and oxygen atoms in total. The maximum atomic E-state index is 12.5. The predicted octanol–water partition coefficient (Wildman–Crippen LogP) is 2.97. The van der Waals surface area contributed by atoms with Crippen molar-refractivity contribution in [1.29, 1.82) is 0 Å². The Bertz CT molecular complexity index is 727. The Balaban J connectivity index is 2.49. The summed E-state index contributed by atoms with van der Waals surface area (Å²) in [6.07, 6.45) is 1.51. The highest BCUT2D eigenvalue weighted by molar-refractivity contribution is 9.09. The van der Waals surface area contributed by atoms with E-state index in [0.29, 0.717) is 23.9 Å². The van der Waals surface area contributed by atoms with Crippen molar-refractivity contribution in [1.82, 2.24) is 9.55 Å². The van der Waals surface area contributed by atoms with Gasteiger partial charge in [-0.15, -0.1) is 0 Å². The van der Waals surface area contributed by atoms with Crippen LogP contribution < -0.4 is 5.56 Å². The van der Waals surface area contributed by atoms with Gasteiger partial charge in [-0.1, -0.05) is 29.8 Å². The molecule has 0 amide bonds. The molecule has 0 aliphatic heterocycles. The largest absolute Gasteiger partial charge is 0.298 e. The monoisotopic (exact) mass is 353 g/mol. The Labute approximate surface area is 130 Å². The first kappa shape index (κ1) is 15.6. The molecule has 0 spiro atoms. The van der Waals surface area contributed by atoms with E-state index < -0.39 is 4.92 Å². The summed E-state index contributed by atoms with van der Waals surface area (Å²) in [6.45, 7) is 4.72. The minimum Gasteiger partial charge on any atom is -0.298 e. The van der Waals surface area contributed by atoms with Crippen LogP contribution in [0.1, 0.15) is 13.8 Å². The molecule has 2 aromatic rings. The van der Waals surface area contributed by atoms with Gasteiger partial charge in [0.25, 0.3) is 11.2 Å². The standard InChI is InChI=1S/C14H16BrN3O3/c1-9(2)10(6-15)7-17-8-16-13-4-3-11(18(20)21)5-12(13)14(17)19/h3-5,8-10H,6-7H2,1-2H3. The minimum atomic E-state index is -0.508. The molecule has 7 heteroatoms. The minimum absolute atomic E-state index is 0.0972. The van der Waals surface area contributed by atoms with Gasteiger partial charge >= 0.3 is 0 Å². The van der Waals surface area contributed by atoms with Crippen molar-refractivity contribution in [3.8, 4) is 0 Å². The van der Waals surface area contributed by atoms with Gasteiger partial charge in [0, 0.05) is 24.0 Å². The average molecular weight is 354 g/mol. The highest BCUT2D eigenvalue weighted by atomic mass is 79.9. The van der Waals surface area contributed by atoms with E-state index in [1.165, 1.54) is 29.1 Å². The lowest BCUT2D eigenvalue weighted by Crippen LogP contribution is -2.27. The molecule has 1 atom stereocenters. The molecule has 0 saturated carbocycles. The van der Waals surface area contributed by atoms with E-state index in [9.17, 15) is 14.9 Å². The topological polar surface area (TPSA) is 78.0 Å². The van der Waals surface area contributed by atoms with Gasteiger partial charge in [0.1, 0.15) is 0 Å². The maximum absolute atomic E-state index is 12.5. The fourth-order valence-corrected chi connectivity index (χ4v) is 3.03. The summed E-state index contributed by atoms with van der Waals surface area (Å²) < 4.78 is 1.53. The van der Waals surface area contributed by atoms with Crippen LogP contribution in [0.3, 0.4) is 0 Å². The number of non-ortho nitro benzene ring substituents is 1. The van der Waals surface area contributed by atoms with Crippen molar-refractivity contribution in [3.63, 3.8) is 0 Å². The molecular formula is C14H16BrN3O3. The highest BCUT2D eigenvalue weighted by Gasteiger charge is 2.15. The van der Waals surface area contributed by atoms with Crippen molar-refractivity contribution in [2.75, 3.05) is 5.33 Å². The zero-order valence-corrected chi connectivity index (χ0v) is 13.4. The number of fused-ring (bicyclic) bond motifs is 1. The van der Waals surface area contributed by atoms with E-state index in [4.69, 9.17) is 0 Å². The Kier molecular flexibility index (Phi) is 4.72. The molecule has 21 heavy (non-hydrogen) atoms. The second kappa shape index (κ2) is 6.34. The van der Waals surface area contributed by atoms with Gasteiger partial charge in [0.15, 0.2) is 0 Å². The molecule has 1 unspecified atom stereocenters. The van der Waals surface area contributed by atoms with E-state index in [0.717, 1.165) is 5.33 Å². The molecule has 1 heterocycles. The SMILES string of the molecule is CC(C)C(CBr)Cn1cnc2ccc([N+](=O)[O-])cc2c1=O. The zero-order chi connectivity index (χ0) is 15.6. The molecule has 1 aromatic carbocycles. The average Bonchev–Trinajstić information content (AvgIpc) is 2.46. The first-order valence-electron chi connectivity index (χ1n) is 6.63. The number of alkyl halides is 1. The first-order valence-corrected chi connectivity index (χ1v) is 7.75. The highest BCUT2D eigenvalue weighted by Crippen LogP contribution is 2.18. The third-order valence-corrected chi connectivity index (χ3v) is 4.42. The van der Waals surface area contributed by atoms with Crippen molar-refractivity contribution in [3.05, 3.63) is 45.0 Å². The fourth-order valence-electron chi connectivity index (χ4n) is 2.08. The first-order chi connectivity index (χ1) is 9.93. The number of hydrogen-bond donors (Lipinski definition) is 0. The molecule has 1 aromatic heterocycles. The van der Waals surface area contributed by atoms with Crippen LogP contribution in [0.2, 0.25) is 0 Å². The van der Waals surface area contributed by atoms with Crippen molar-refractivity contribution in [2.24, 2.45) is 11.8 Å². The van der Waals surface area contributed by atoms with E-state index in [2.05, 4.69) is 34.8 Å². The van der Waals surface area contributed by atoms with Gasteiger partial charge in [0.2, 0.25) is 0 Å². The number of nitro benzene ring substituents is 1. The third-order valence-electron chi connectivity index (χ3n) is 3.59. The van der Waals surface area contributed by atoms with E-state index in [-0.39, 0.29) is 16.6 Å². The zero-order valence-electron chi connectivity index (χ0n) is 11.8. The van der Waals surface area contributed by atoms with Crippen LogP contribution in [0.15, 0.2) is 29.3 Å². The number of nitrogens with zero attached hydrogens (tertiary/aromatic N) is 3. The Hall–Kier alpha value is -1.76. The van der Waals surface area contributed by atoms with E-state index in [1.807, 2.05) is 0 Å². The molecule has 0 aliphatic carbocycles. The summed E-state index contributed by atoms with van der Waals surface area (Å²) in [5, 5.41) is 11.9. The van der Waals surface area contributed by atoms with Crippen LogP contribution in [-0.4, -0.2) is 19.8 Å². The van der Waals surface area contributed by atoms with Crippen LogP contribution >= 0.6 is 15.9 Å². The molecular weight excluding hydrogens is 338 g/mol. The van der Waals surface area contributed by atoms with Gasteiger partial charge in [-0.2, -0.15) is 0 Å². The molecule has 0 fully saturated rings. The van der Waals surface area contributed by atoms with Gasteiger partial charge in [-0.05, 0) is 17.9 Å². The lowest BCUT2D eigenvalue weighted by atomic mass is 9.98. The van der Waals surface area contributed by atoms with E-state index in [1.54, 1.807) is 0 Å². The Morgan fingerprint density at radius 3 is 2.71 bits per heavy atom. The van der Waals surface area contributed by atoms with Crippen LogP contribution in [0.4, 0.5) is 5.69 Å². The number of aromatic nitrogens is 2. The molecule has 0 aliphatic rings. The maximum Gasteiger partial charge on any atom is 0.270 e. The van der Waals surface area contributed by atoms with Crippen LogP contribution in [0, 0.1) is 22.0 Å². The van der Waals surface area contributed by atoms with Crippen LogP contribution in [0.25, 0.3) is 10.9 Å². The summed E-state index contributed by atoms with van der Waals surface area (Å²) in [7, 11) is 0. The number of hydrogen-bond acceptors (Lipinski definition) is 4. The lowest BCUT2D eigenvalue weighted by Gasteiger charge is -2.19. The molecule has 0 radical (unpaired) electrons. The molecule has 0 N–H and O–H groups in total. The van der Waals surface area contributed by atoms with Crippen molar-refractivity contribution in [2.45, 2.75) is 20.4 Å². The lowest BCUT2D eigenvalue weighted by molar-refractivity contribution is -0.384. The van der Waals surface area contributed by atoms with E-state index >= 15 is 0 Å². The molecule has 112 valence electrons. The number of nitro groups is 1. The normalized spacial score (nSPS) is 12.8. The van der Waals surface area contributed by atoms with Crippen molar-refractivity contribution < 1.29 is 4.92 Å². The third kappa shape index (κ3) is 3.29. The predicted molar refractivity (Wildman–Crippen MR) is 84.8 cm³/mol. The van der Waals surface area contributed by atoms with Gasteiger partial charge < -0.3 is 0 Å². The summed E-state index contributed by atoms with van der Waals surface area (Å²) in [4.78, 5) is 27.0. The Morgan fingerprint density at radius 2 is 2.14 bits per heavy atom.